The van der Waals surface area contributed by atoms with E-state index in [9.17, 15) is 9.90 Å². The van der Waals surface area contributed by atoms with Crippen molar-refractivity contribution < 1.29 is 14.6 Å². The number of hydrogen-bond acceptors (Lipinski definition) is 3. The normalized spacial score (nSPS) is 23.1. The lowest BCUT2D eigenvalue weighted by Crippen LogP contribution is -2.42. The molecule has 1 saturated heterocycles. The Morgan fingerprint density at radius 3 is 2.53 bits per heavy atom. The summed E-state index contributed by atoms with van der Waals surface area (Å²) in [6, 6.07) is 0. The highest BCUT2D eigenvalue weighted by Gasteiger charge is 2.43. The molecule has 2 aliphatic rings. The monoisotopic (exact) mass is 269 g/mol. The molecule has 1 amide bonds. The molecule has 0 bridgehead atoms. The van der Waals surface area contributed by atoms with Crippen molar-refractivity contribution in [1.29, 1.82) is 0 Å². The lowest BCUT2D eigenvalue weighted by atomic mass is 9.79. The minimum atomic E-state index is -0.326. The molecule has 0 aromatic carbocycles. The Bertz CT molecular complexity index is 317. The van der Waals surface area contributed by atoms with E-state index < -0.39 is 0 Å². The van der Waals surface area contributed by atoms with E-state index >= 15 is 0 Å². The van der Waals surface area contributed by atoms with E-state index in [1.165, 1.54) is 0 Å². The number of carbonyl (C=O) groups is 1. The molecule has 19 heavy (non-hydrogen) atoms. The van der Waals surface area contributed by atoms with Gasteiger partial charge >= 0.3 is 0 Å². The molecule has 0 atom stereocenters. The quantitative estimate of drug-likeness (QED) is 0.772. The number of amides is 1. The second-order valence-corrected chi connectivity index (χ2v) is 6.98. The predicted molar refractivity (Wildman–Crippen MR) is 73.7 cm³/mol. The third-order valence-corrected chi connectivity index (χ3v) is 4.67. The van der Waals surface area contributed by atoms with E-state index in [1.54, 1.807) is 0 Å². The molecule has 1 saturated carbocycles. The van der Waals surface area contributed by atoms with Gasteiger partial charge in [0.05, 0.1) is 6.61 Å². The van der Waals surface area contributed by atoms with Crippen LogP contribution in [0.15, 0.2) is 0 Å². The number of aliphatic hydroxyl groups is 1. The van der Waals surface area contributed by atoms with E-state index in [2.05, 4.69) is 5.32 Å². The summed E-state index contributed by atoms with van der Waals surface area (Å²) in [5.74, 6) is 0.723. The molecule has 110 valence electrons. The molecule has 0 aromatic rings. The smallest absolute Gasteiger partial charge is 0.225 e. The van der Waals surface area contributed by atoms with Crippen LogP contribution in [-0.4, -0.2) is 37.4 Å². The largest absolute Gasteiger partial charge is 0.396 e. The van der Waals surface area contributed by atoms with Crippen LogP contribution < -0.4 is 5.32 Å². The molecule has 2 N–H and O–H groups in total. The minimum Gasteiger partial charge on any atom is -0.396 e. The van der Waals surface area contributed by atoms with Crippen molar-refractivity contribution in [2.75, 3.05) is 26.4 Å². The third-order valence-electron chi connectivity index (χ3n) is 4.67. The molecule has 0 aromatic heterocycles. The van der Waals surface area contributed by atoms with Crippen LogP contribution >= 0.6 is 0 Å². The second kappa shape index (κ2) is 5.80. The van der Waals surface area contributed by atoms with E-state index in [-0.39, 0.29) is 23.3 Å². The molecule has 2 rings (SSSR count). The Morgan fingerprint density at radius 1 is 1.37 bits per heavy atom. The maximum Gasteiger partial charge on any atom is 0.225 e. The van der Waals surface area contributed by atoms with E-state index in [4.69, 9.17) is 4.74 Å². The van der Waals surface area contributed by atoms with E-state index in [0.29, 0.717) is 12.5 Å². The highest BCUT2D eigenvalue weighted by molar-refractivity contribution is 5.81. The van der Waals surface area contributed by atoms with Gasteiger partial charge in [-0.15, -0.1) is 0 Å². The Hall–Kier alpha value is -0.610. The summed E-state index contributed by atoms with van der Waals surface area (Å²) < 4.78 is 5.36. The summed E-state index contributed by atoms with van der Waals surface area (Å²) in [6.07, 6.45) is 5.12. The first-order chi connectivity index (χ1) is 8.97. The fourth-order valence-electron chi connectivity index (χ4n) is 2.84. The maximum atomic E-state index is 12.3. The summed E-state index contributed by atoms with van der Waals surface area (Å²) in [5, 5.41) is 12.3. The first-order valence-corrected chi connectivity index (χ1v) is 7.44. The van der Waals surface area contributed by atoms with Gasteiger partial charge in [0.25, 0.3) is 0 Å². The number of carbonyl (C=O) groups excluding carboxylic acids is 1. The molecule has 4 heteroatoms. The molecule has 4 nitrogen and oxygen atoms in total. The van der Waals surface area contributed by atoms with Gasteiger partial charge in [0.1, 0.15) is 0 Å². The Kier molecular flexibility index (Phi) is 4.51. The molecule has 1 heterocycles. The third kappa shape index (κ3) is 3.93. The zero-order valence-corrected chi connectivity index (χ0v) is 12.2. The van der Waals surface area contributed by atoms with Gasteiger partial charge < -0.3 is 15.2 Å². The van der Waals surface area contributed by atoms with Gasteiger partial charge in [-0.05, 0) is 38.0 Å². The fraction of sp³-hybridized carbons (Fsp3) is 0.933. The molecule has 0 unspecified atom stereocenters. The fourth-order valence-corrected chi connectivity index (χ4v) is 2.84. The lowest BCUT2D eigenvalue weighted by Gasteiger charge is -2.31. The van der Waals surface area contributed by atoms with E-state index in [0.717, 1.165) is 45.3 Å². The van der Waals surface area contributed by atoms with Gasteiger partial charge in [0, 0.05) is 30.6 Å². The van der Waals surface area contributed by atoms with Crippen molar-refractivity contribution in [2.24, 2.45) is 16.7 Å². The Labute approximate surface area is 115 Å². The molecular formula is C15H27NO3. The lowest BCUT2D eigenvalue weighted by molar-refractivity contribution is -0.131. The van der Waals surface area contributed by atoms with Crippen molar-refractivity contribution in [1.82, 2.24) is 5.32 Å². The van der Waals surface area contributed by atoms with Crippen LogP contribution in [0.1, 0.15) is 46.0 Å². The van der Waals surface area contributed by atoms with Gasteiger partial charge in [-0.2, -0.15) is 0 Å². The second-order valence-electron chi connectivity index (χ2n) is 6.98. The van der Waals surface area contributed by atoms with Gasteiger partial charge in [-0.25, -0.2) is 0 Å². The molecule has 1 aliphatic carbocycles. The highest BCUT2D eigenvalue weighted by atomic mass is 16.5. The van der Waals surface area contributed by atoms with Gasteiger partial charge in [0.15, 0.2) is 0 Å². The topological polar surface area (TPSA) is 58.6 Å². The molecule has 2 fully saturated rings. The van der Waals surface area contributed by atoms with Gasteiger partial charge in [-0.3, -0.25) is 4.79 Å². The molecule has 0 radical (unpaired) electrons. The van der Waals surface area contributed by atoms with Crippen LogP contribution in [0.5, 0.6) is 0 Å². The zero-order chi connectivity index (χ0) is 13.9. The summed E-state index contributed by atoms with van der Waals surface area (Å²) in [7, 11) is 0. The molecule has 1 aliphatic heterocycles. The molecular weight excluding hydrogens is 242 g/mol. The average Bonchev–Trinajstić information content (AvgIpc) is 3.17. The number of nitrogens with one attached hydrogen (secondary N) is 1. The number of aliphatic hydroxyl groups excluding tert-OH is 1. The average molecular weight is 269 g/mol. The van der Waals surface area contributed by atoms with Crippen molar-refractivity contribution >= 4 is 5.91 Å². The Morgan fingerprint density at radius 2 is 2.00 bits per heavy atom. The highest BCUT2D eigenvalue weighted by Crippen LogP contribution is 2.44. The van der Waals surface area contributed by atoms with Crippen LogP contribution in [0.3, 0.4) is 0 Å². The first-order valence-electron chi connectivity index (χ1n) is 7.44. The summed E-state index contributed by atoms with van der Waals surface area (Å²) in [4.78, 5) is 12.3. The standard InChI is InChI=1S/C15H27NO3/c1-14(2,9-12-3-7-19-8-4-12)13(18)16-10-15(11-17)5-6-15/h12,17H,3-11H2,1-2H3,(H,16,18). The molecule has 0 spiro atoms. The predicted octanol–water partition coefficient (Wildman–Crippen LogP) is 1.72. The van der Waals surface area contributed by atoms with Crippen molar-refractivity contribution in [3.05, 3.63) is 0 Å². The summed E-state index contributed by atoms with van der Waals surface area (Å²) in [5.41, 5.74) is -0.335. The Balaban J connectivity index is 1.78. The van der Waals surface area contributed by atoms with Crippen LogP contribution in [0.2, 0.25) is 0 Å². The van der Waals surface area contributed by atoms with Crippen LogP contribution in [-0.2, 0) is 9.53 Å². The minimum absolute atomic E-state index is 0.00951. The van der Waals surface area contributed by atoms with Crippen LogP contribution in [0.4, 0.5) is 0 Å². The SMILES string of the molecule is CC(C)(CC1CCOCC1)C(=O)NCC1(CO)CC1. The van der Waals surface area contributed by atoms with Crippen LogP contribution in [0.25, 0.3) is 0 Å². The first kappa shape index (κ1) is 14.8. The summed E-state index contributed by atoms with van der Waals surface area (Å²) in [6.45, 7) is 6.52. The maximum absolute atomic E-state index is 12.3. The summed E-state index contributed by atoms with van der Waals surface area (Å²) >= 11 is 0. The van der Waals surface area contributed by atoms with Crippen molar-refractivity contribution in [3.63, 3.8) is 0 Å². The van der Waals surface area contributed by atoms with Crippen molar-refractivity contribution in [3.8, 4) is 0 Å². The number of rotatable bonds is 6. The van der Waals surface area contributed by atoms with Crippen molar-refractivity contribution in [2.45, 2.75) is 46.0 Å². The zero-order valence-electron chi connectivity index (χ0n) is 12.2. The number of ether oxygens (including phenoxy) is 1. The van der Waals surface area contributed by atoms with Gasteiger partial charge in [-0.1, -0.05) is 13.8 Å². The van der Waals surface area contributed by atoms with Gasteiger partial charge in [0.2, 0.25) is 5.91 Å². The number of hydrogen-bond donors (Lipinski definition) is 2. The van der Waals surface area contributed by atoms with Crippen LogP contribution in [0, 0.1) is 16.7 Å². The van der Waals surface area contributed by atoms with E-state index in [1.807, 2.05) is 13.8 Å².